The Bertz CT molecular complexity index is 939. The molecule has 0 aliphatic carbocycles. The SMILES string of the molecule is C=C(C)c1c(C)cccc1COc1cccc(OCc2ccc(CC)cc2)c1.CC. The van der Waals surface area contributed by atoms with E-state index in [0.29, 0.717) is 13.2 Å². The molecule has 0 radical (unpaired) electrons. The number of hydrogen-bond acceptors (Lipinski definition) is 2. The second-order valence-corrected chi connectivity index (χ2v) is 7.11. The van der Waals surface area contributed by atoms with Crippen LogP contribution in [-0.4, -0.2) is 0 Å². The van der Waals surface area contributed by atoms with E-state index in [1.807, 2.05) is 45.0 Å². The fraction of sp³-hybridized carbons (Fsp3) is 0.286. The molecule has 0 aromatic heterocycles. The van der Waals surface area contributed by atoms with Crippen LogP contribution in [-0.2, 0) is 19.6 Å². The Kier molecular flexibility index (Phi) is 9.21. The maximum Gasteiger partial charge on any atom is 0.123 e. The molecule has 3 aromatic carbocycles. The third-order valence-electron chi connectivity index (χ3n) is 4.82. The van der Waals surface area contributed by atoms with Crippen LogP contribution < -0.4 is 9.47 Å². The minimum atomic E-state index is 0.506. The Morgan fingerprint density at radius 1 is 0.800 bits per heavy atom. The van der Waals surface area contributed by atoms with Crippen molar-refractivity contribution >= 4 is 5.57 Å². The molecule has 0 spiro atoms. The highest BCUT2D eigenvalue weighted by molar-refractivity contribution is 5.67. The molecule has 3 rings (SSSR count). The van der Waals surface area contributed by atoms with E-state index in [0.717, 1.165) is 34.6 Å². The molecule has 0 bridgehead atoms. The first-order valence-corrected chi connectivity index (χ1v) is 10.7. The van der Waals surface area contributed by atoms with E-state index in [2.05, 4.69) is 62.9 Å². The van der Waals surface area contributed by atoms with Gasteiger partial charge in [-0.15, -0.1) is 0 Å². The first-order chi connectivity index (χ1) is 14.6. The van der Waals surface area contributed by atoms with Crippen molar-refractivity contribution in [2.75, 3.05) is 0 Å². The predicted octanol–water partition coefficient (Wildman–Crippen LogP) is 7.77. The molecule has 0 saturated heterocycles. The number of ether oxygens (including phenoxy) is 2. The van der Waals surface area contributed by atoms with E-state index >= 15 is 0 Å². The molecular weight excluding hydrogens is 368 g/mol. The van der Waals surface area contributed by atoms with Crippen molar-refractivity contribution in [3.05, 3.63) is 101 Å². The Morgan fingerprint density at radius 2 is 1.37 bits per heavy atom. The van der Waals surface area contributed by atoms with Gasteiger partial charge >= 0.3 is 0 Å². The zero-order valence-electron chi connectivity index (χ0n) is 19.0. The van der Waals surface area contributed by atoms with Crippen LogP contribution >= 0.6 is 0 Å². The molecule has 0 atom stereocenters. The summed E-state index contributed by atoms with van der Waals surface area (Å²) in [6, 6.07) is 22.6. The lowest BCUT2D eigenvalue weighted by Gasteiger charge is -2.14. The van der Waals surface area contributed by atoms with Gasteiger partial charge in [0, 0.05) is 6.07 Å². The molecule has 2 heteroatoms. The zero-order chi connectivity index (χ0) is 21.9. The van der Waals surface area contributed by atoms with Crippen LogP contribution in [0.15, 0.2) is 73.3 Å². The summed E-state index contributed by atoms with van der Waals surface area (Å²) < 4.78 is 12.0. The number of hydrogen-bond donors (Lipinski definition) is 0. The van der Waals surface area contributed by atoms with Gasteiger partial charge in [0.05, 0.1) is 0 Å². The summed E-state index contributed by atoms with van der Waals surface area (Å²) in [5.41, 5.74) is 7.11. The van der Waals surface area contributed by atoms with Crippen LogP contribution in [0.2, 0.25) is 0 Å². The maximum absolute atomic E-state index is 6.04. The maximum atomic E-state index is 6.04. The minimum absolute atomic E-state index is 0.506. The molecule has 2 nitrogen and oxygen atoms in total. The highest BCUT2D eigenvalue weighted by Gasteiger charge is 2.07. The molecule has 0 unspecified atom stereocenters. The van der Waals surface area contributed by atoms with E-state index in [4.69, 9.17) is 9.47 Å². The summed E-state index contributed by atoms with van der Waals surface area (Å²) >= 11 is 0. The molecule has 30 heavy (non-hydrogen) atoms. The number of benzene rings is 3. The third-order valence-corrected chi connectivity index (χ3v) is 4.82. The van der Waals surface area contributed by atoms with Crippen molar-refractivity contribution in [2.45, 2.75) is 54.3 Å². The smallest absolute Gasteiger partial charge is 0.123 e. The molecule has 3 aromatic rings. The van der Waals surface area contributed by atoms with Crippen LogP contribution in [0.1, 0.15) is 55.5 Å². The van der Waals surface area contributed by atoms with Crippen LogP contribution in [0, 0.1) is 6.92 Å². The highest BCUT2D eigenvalue weighted by atomic mass is 16.5. The van der Waals surface area contributed by atoms with Gasteiger partial charge in [0.2, 0.25) is 0 Å². The van der Waals surface area contributed by atoms with Gasteiger partial charge < -0.3 is 9.47 Å². The largest absolute Gasteiger partial charge is 0.489 e. The normalized spacial score (nSPS) is 10.0. The molecule has 0 amide bonds. The van der Waals surface area contributed by atoms with E-state index < -0.39 is 0 Å². The quantitative estimate of drug-likeness (QED) is 0.383. The van der Waals surface area contributed by atoms with Crippen molar-refractivity contribution in [3.8, 4) is 11.5 Å². The van der Waals surface area contributed by atoms with Crippen LogP contribution in [0.5, 0.6) is 11.5 Å². The van der Waals surface area contributed by atoms with Crippen molar-refractivity contribution in [1.82, 2.24) is 0 Å². The highest BCUT2D eigenvalue weighted by Crippen LogP contribution is 2.25. The summed E-state index contributed by atoms with van der Waals surface area (Å²) in [5.74, 6) is 1.61. The lowest BCUT2D eigenvalue weighted by molar-refractivity contribution is 0.290. The van der Waals surface area contributed by atoms with E-state index in [-0.39, 0.29) is 0 Å². The Morgan fingerprint density at radius 3 is 1.97 bits per heavy atom. The van der Waals surface area contributed by atoms with Crippen molar-refractivity contribution in [3.63, 3.8) is 0 Å². The second-order valence-electron chi connectivity index (χ2n) is 7.11. The monoisotopic (exact) mass is 402 g/mol. The van der Waals surface area contributed by atoms with Crippen molar-refractivity contribution in [1.29, 1.82) is 0 Å². The Balaban J connectivity index is 0.00000155. The molecule has 158 valence electrons. The molecule has 0 fully saturated rings. The number of allylic oxidation sites excluding steroid dienone is 1. The molecule has 0 saturated carbocycles. The summed E-state index contributed by atoms with van der Waals surface area (Å²) in [4.78, 5) is 0. The average molecular weight is 403 g/mol. The first-order valence-electron chi connectivity index (χ1n) is 10.7. The van der Waals surface area contributed by atoms with Gasteiger partial charge in [-0.05, 0) is 60.2 Å². The Labute approximate surface area is 182 Å². The van der Waals surface area contributed by atoms with Gasteiger partial charge in [-0.25, -0.2) is 0 Å². The molecule has 0 aliphatic rings. The van der Waals surface area contributed by atoms with E-state index in [1.165, 1.54) is 16.7 Å². The zero-order valence-corrected chi connectivity index (χ0v) is 19.0. The minimum Gasteiger partial charge on any atom is -0.489 e. The van der Waals surface area contributed by atoms with E-state index in [9.17, 15) is 0 Å². The van der Waals surface area contributed by atoms with Crippen molar-refractivity contribution in [2.24, 2.45) is 0 Å². The fourth-order valence-electron chi connectivity index (χ4n) is 3.31. The van der Waals surface area contributed by atoms with Gasteiger partial charge in [-0.1, -0.05) is 81.5 Å². The van der Waals surface area contributed by atoms with E-state index in [1.54, 1.807) is 0 Å². The van der Waals surface area contributed by atoms with Crippen molar-refractivity contribution < 1.29 is 9.47 Å². The lowest BCUT2D eigenvalue weighted by Crippen LogP contribution is -2.01. The fourth-order valence-corrected chi connectivity index (χ4v) is 3.31. The van der Waals surface area contributed by atoms with Crippen LogP contribution in [0.25, 0.3) is 5.57 Å². The summed E-state index contributed by atoms with van der Waals surface area (Å²) in [7, 11) is 0. The van der Waals surface area contributed by atoms with Gasteiger partial charge in [0.25, 0.3) is 0 Å². The number of rotatable bonds is 8. The topological polar surface area (TPSA) is 18.5 Å². The summed E-state index contributed by atoms with van der Waals surface area (Å²) in [5, 5.41) is 0. The van der Waals surface area contributed by atoms with Crippen LogP contribution in [0.3, 0.4) is 0 Å². The summed E-state index contributed by atoms with van der Waals surface area (Å²) in [6.45, 7) is 15.5. The molecular formula is C28H34O2. The lowest BCUT2D eigenvalue weighted by atomic mass is 9.97. The average Bonchev–Trinajstić information content (AvgIpc) is 2.78. The Hall–Kier alpha value is -3.00. The van der Waals surface area contributed by atoms with Gasteiger partial charge in [0.1, 0.15) is 24.7 Å². The van der Waals surface area contributed by atoms with Gasteiger partial charge in [0.15, 0.2) is 0 Å². The molecule has 0 heterocycles. The van der Waals surface area contributed by atoms with Gasteiger partial charge in [-0.2, -0.15) is 0 Å². The number of aryl methyl sites for hydroxylation is 2. The second kappa shape index (κ2) is 11.9. The third kappa shape index (κ3) is 6.52. The van der Waals surface area contributed by atoms with Gasteiger partial charge in [-0.3, -0.25) is 0 Å². The molecule has 0 N–H and O–H groups in total. The summed E-state index contributed by atoms with van der Waals surface area (Å²) in [6.07, 6.45) is 1.05. The first kappa shape index (κ1) is 23.3. The molecule has 0 aliphatic heterocycles. The standard InChI is InChI=1S/C26H28O2.C2H6/c1-5-21-12-14-22(15-13-21)17-27-24-10-7-11-25(16-24)28-18-23-9-6-8-20(4)26(23)19(2)3;1-2/h6-16H,2,5,17-18H2,1,3-4H3;1-2H3. The predicted molar refractivity (Wildman–Crippen MR) is 128 cm³/mol. The van der Waals surface area contributed by atoms with Crippen LogP contribution in [0.4, 0.5) is 0 Å².